The second-order valence-corrected chi connectivity index (χ2v) is 7.66. The molecule has 1 aromatic heterocycles. The Balaban J connectivity index is 1.30. The zero-order valence-electron chi connectivity index (χ0n) is 15.8. The number of pyridine rings is 1. The molecule has 0 radical (unpaired) electrons. The second kappa shape index (κ2) is 8.90. The van der Waals surface area contributed by atoms with Gasteiger partial charge in [-0.1, -0.05) is 41.9 Å². The fraction of sp³-hybridized carbons (Fsp3) is 0.429. The van der Waals surface area contributed by atoms with Gasteiger partial charge in [-0.05, 0) is 17.7 Å². The smallest absolute Gasteiger partial charge is 0.253 e. The number of carbonyl (C=O) groups excluding carboxylic acids is 1. The number of nitrogens with zero attached hydrogens (tertiary/aromatic N) is 4. The molecule has 148 valence electrons. The van der Waals surface area contributed by atoms with Crippen LogP contribution in [0.2, 0.25) is 5.02 Å². The highest BCUT2D eigenvalue weighted by molar-refractivity contribution is 6.30. The highest BCUT2D eigenvalue weighted by Gasteiger charge is 2.32. The van der Waals surface area contributed by atoms with Gasteiger partial charge in [0, 0.05) is 52.0 Å². The monoisotopic (exact) mass is 400 g/mol. The first kappa shape index (κ1) is 19.2. The van der Waals surface area contributed by atoms with E-state index >= 15 is 0 Å². The van der Waals surface area contributed by atoms with E-state index in [-0.39, 0.29) is 12.0 Å². The third kappa shape index (κ3) is 4.63. The number of hydrogen-bond acceptors (Lipinski definition) is 5. The van der Waals surface area contributed by atoms with E-state index in [1.54, 1.807) is 6.20 Å². The summed E-state index contributed by atoms with van der Waals surface area (Å²) in [5, 5.41) is 0.632. The van der Waals surface area contributed by atoms with Crippen molar-refractivity contribution in [3.05, 3.63) is 59.2 Å². The van der Waals surface area contributed by atoms with Gasteiger partial charge < -0.3 is 14.5 Å². The molecule has 1 atom stereocenters. The van der Waals surface area contributed by atoms with Gasteiger partial charge in [-0.2, -0.15) is 0 Å². The van der Waals surface area contributed by atoms with E-state index in [4.69, 9.17) is 16.3 Å². The predicted octanol–water partition coefficient (Wildman–Crippen LogP) is 2.28. The molecule has 2 saturated heterocycles. The number of anilines is 1. The summed E-state index contributed by atoms with van der Waals surface area (Å²) in [4.78, 5) is 23.7. The van der Waals surface area contributed by atoms with Gasteiger partial charge in [-0.25, -0.2) is 4.98 Å². The number of aromatic nitrogens is 1. The molecule has 1 amide bonds. The lowest BCUT2D eigenvalue weighted by molar-refractivity contribution is -0.150. The van der Waals surface area contributed by atoms with E-state index < -0.39 is 0 Å². The fourth-order valence-corrected chi connectivity index (χ4v) is 3.86. The number of morpholine rings is 1. The van der Waals surface area contributed by atoms with E-state index in [2.05, 4.69) is 26.9 Å². The SMILES string of the molecule is O=C(C1CN(Cc2ccccc2)CCO1)N1CCN(c2ccc(Cl)cn2)CC1. The summed E-state index contributed by atoms with van der Waals surface area (Å²) in [7, 11) is 0. The van der Waals surface area contributed by atoms with Crippen LogP contribution in [-0.4, -0.2) is 72.7 Å². The first-order chi connectivity index (χ1) is 13.7. The fourth-order valence-electron chi connectivity index (χ4n) is 3.75. The lowest BCUT2D eigenvalue weighted by atomic mass is 10.1. The van der Waals surface area contributed by atoms with Crippen LogP contribution < -0.4 is 4.90 Å². The van der Waals surface area contributed by atoms with E-state index in [1.165, 1.54) is 5.56 Å². The molecule has 7 heteroatoms. The average Bonchev–Trinajstić information content (AvgIpc) is 2.75. The summed E-state index contributed by atoms with van der Waals surface area (Å²) < 4.78 is 5.81. The van der Waals surface area contributed by atoms with Crippen LogP contribution in [0.4, 0.5) is 5.82 Å². The van der Waals surface area contributed by atoms with Gasteiger partial charge in [-0.3, -0.25) is 9.69 Å². The summed E-state index contributed by atoms with van der Waals surface area (Å²) in [6, 6.07) is 14.1. The molecular formula is C21H25ClN4O2. The normalized spacial score (nSPS) is 21.0. The van der Waals surface area contributed by atoms with Crippen LogP contribution in [0.25, 0.3) is 0 Å². The summed E-state index contributed by atoms with van der Waals surface area (Å²) in [5.74, 6) is 1.00. The third-order valence-corrected chi connectivity index (χ3v) is 5.53. The van der Waals surface area contributed by atoms with Crippen LogP contribution in [0.15, 0.2) is 48.7 Å². The predicted molar refractivity (Wildman–Crippen MR) is 109 cm³/mol. The molecule has 0 N–H and O–H groups in total. The summed E-state index contributed by atoms with van der Waals surface area (Å²) >= 11 is 5.91. The molecule has 0 aliphatic carbocycles. The lowest BCUT2D eigenvalue weighted by Gasteiger charge is -2.39. The third-order valence-electron chi connectivity index (χ3n) is 5.30. The Labute approximate surface area is 170 Å². The molecule has 0 bridgehead atoms. The average molecular weight is 401 g/mol. The minimum absolute atomic E-state index is 0.0986. The van der Waals surface area contributed by atoms with Crippen molar-refractivity contribution in [1.82, 2.24) is 14.8 Å². The quantitative estimate of drug-likeness (QED) is 0.788. The van der Waals surface area contributed by atoms with Gasteiger partial charge in [0.25, 0.3) is 5.91 Å². The van der Waals surface area contributed by atoms with Gasteiger partial charge in [0.1, 0.15) is 11.9 Å². The van der Waals surface area contributed by atoms with Crippen LogP contribution in [-0.2, 0) is 16.1 Å². The van der Waals surface area contributed by atoms with Crippen LogP contribution in [0.5, 0.6) is 0 Å². The molecule has 4 rings (SSSR count). The van der Waals surface area contributed by atoms with Crippen molar-refractivity contribution in [3.8, 4) is 0 Å². The molecule has 1 aromatic carbocycles. The number of benzene rings is 1. The highest BCUT2D eigenvalue weighted by atomic mass is 35.5. The number of carbonyl (C=O) groups is 1. The van der Waals surface area contributed by atoms with Crippen molar-refractivity contribution in [1.29, 1.82) is 0 Å². The number of ether oxygens (including phenoxy) is 1. The van der Waals surface area contributed by atoms with E-state index in [0.717, 1.165) is 32.0 Å². The Morgan fingerprint density at radius 3 is 2.57 bits per heavy atom. The molecule has 0 saturated carbocycles. The summed E-state index contributed by atoms with van der Waals surface area (Å²) in [6.07, 6.45) is 1.28. The summed E-state index contributed by atoms with van der Waals surface area (Å²) in [5.41, 5.74) is 1.26. The molecule has 28 heavy (non-hydrogen) atoms. The van der Waals surface area contributed by atoms with Crippen molar-refractivity contribution in [3.63, 3.8) is 0 Å². The first-order valence-electron chi connectivity index (χ1n) is 9.72. The number of halogens is 1. The van der Waals surface area contributed by atoms with E-state index in [0.29, 0.717) is 31.3 Å². The highest BCUT2D eigenvalue weighted by Crippen LogP contribution is 2.18. The van der Waals surface area contributed by atoms with Crippen molar-refractivity contribution < 1.29 is 9.53 Å². The largest absolute Gasteiger partial charge is 0.366 e. The van der Waals surface area contributed by atoms with Crippen molar-refractivity contribution >= 4 is 23.3 Å². The van der Waals surface area contributed by atoms with Gasteiger partial charge in [-0.15, -0.1) is 0 Å². The minimum atomic E-state index is -0.377. The van der Waals surface area contributed by atoms with Gasteiger partial charge in [0.2, 0.25) is 0 Å². The number of piperazine rings is 1. The number of rotatable bonds is 4. The molecular weight excluding hydrogens is 376 g/mol. The van der Waals surface area contributed by atoms with Crippen LogP contribution in [0, 0.1) is 0 Å². The van der Waals surface area contributed by atoms with Gasteiger partial charge in [0.15, 0.2) is 0 Å². The molecule has 6 nitrogen and oxygen atoms in total. The molecule has 0 spiro atoms. The number of hydrogen-bond donors (Lipinski definition) is 0. The van der Waals surface area contributed by atoms with Crippen LogP contribution in [0.3, 0.4) is 0 Å². The maximum absolute atomic E-state index is 13.0. The van der Waals surface area contributed by atoms with Gasteiger partial charge in [0.05, 0.1) is 11.6 Å². The molecule has 3 heterocycles. The molecule has 2 aliphatic heterocycles. The lowest BCUT2D eigenvalue weighted by Crippen LogP contribution is -2.55. The van der Waals surface area contributed by atoms with Crippen LogP contribution in [0.1, 0.15) is 5.56 Å². The van der Waals surface area contributed by atoms with Crippen molar-refractivity contribution in [2.45, 2.75) is 12.6 Å². The molecule has 1 unspecified atom stereocenters. The summed E-state index contributed by atoms with van der Waals surface area (Å²) in [6.45, 7) is 5.84. The molecule has 2 fully saturated rings. The maximum Gasteiger partial charge on any atom is 0.253 e. The van der Waals surface area contributed by atoms with Crippen LogP contribution >= 0.6 is 11.6 Å². The molecule has 2 aliphatic rings. The maximum atomic E-state index is 13.0. The van der Waals surface area contributed by atoms with E-state index in [9.17, 15) is 4.79 Å². The molecule has 2 aromatic rings. The topological polar surface area (TPSA) is 48.9 Å². The van der Waals surface area contributed by atoms with Gasteiger partial charge >= 0.3 is 0 Å². The Morgan fingerprint density at radius 1 is 1.07 bits per heavy atom. The van der Waals surface area contributed by atoms with Crippen molar-refractivity contribution in [2.24, 2.45) is 0 Å². The Bertz CT molecular complexity index is 779. The Hall–Kier alpha value is -2.15. The first-order valence-corrected chi connectivity index (χ1v) is 10.1. The second-order valence-electron chi connectivity index (χ2n) is 7.23. The minimum Gasteiger partial charge on any atom is -0.366 e. The standard InChI is InChI=1S/C21H25ClN4O2/c22-18-6-7-20(23-14-18)25-8-10-26(11-9-25)21(27)19-16-24(12-13-28-19)15-17-4-2-1-3-5-17/h1-7,14,19H,8-13,15-16H2. The number of amides is 1. The Kier molecular flexibility index (Phi) is 6.10. The zero-order valence-corrected chi connectivity index (χ0v) is 16.6. The zero-order chi connectivity index (χ0) is 19.3. The Morgan fingerprint density at radius 2 is 1.86 bits per heavy atom. The van der Waals surface area contributed by atoms with Crippen molar-refractivity contribution in [2.75, 3.05) is 50.8 Å². The van der Waals surface area contributed by atoms with E-state index in [1.807, 2.05) is 35.2 Å².